The van der Waals surface area contributed by atoms with Gasteiger partial charge >= 0.3 is 0 Å². The fourth-order valence-electron chi connectivity index (χ4n) is 2.68. The van der Waals surface area contributed by atoms with Crippen molar-refractivity contribution in [3.05, 3.63) is 76.6 Å². The van der Waals surface area contributed by atoms with Gasteiger partial charge in [-0.3, -0.25) is 9.48 Å². The van der Waals surface area contributed by atoms with Crippen LogP contribution in [0.3, 0.4) is 0 Å². The number of nitrogens with zero attached hydrogens (tertiary/aromatic N) is 2. The zero-order valence-corrected chi connectivity index (χ0v) is 15.9. The molecule has 140 valence electrons. The fourth-order valence-corrected chi connectivity index (χ4v) is 2.96. The van der Waals surface area contributed by atoms with E-state index in [1.807, 2.05) is 41.2 Å². The van der Waals surface area contributed by atoms with E-state index in [0.29, 0.717) is 35.2 Å². The van der Waals surface area contributed by atoms with Crippen molar-refractivity contribution in [2.75, 3.05) is 14.2 Å². The summed E-state index contributed by atoms with van der Waals surface area (Å²) in [5, 5.41) is 7.40. The summed E-state index contributed by atoms with van der Waals surface area (Å²) in [6.07, 6.45) is 3.67. The summed E-state index contributed by atoms with van der Waals surface area (Å²) in [4.78, 5) is 12.4. The van der Waals surface area contributed by atoms with Crippen LogP contribution < -0.4 is 14.8 Å². The number of hydrogen-bond acceptors (Lipinski definition) is 4. The van der Waals surface area contributed by atoms with E-state index in [1.54, 1.807) is 18.3 Å². The highest BCUT2D eigenvalue weighted by Crippen LogP contribution is 2.35. The normalized spacial score (nSPS) is 10.5. The lowest BCUT2D eigenvalue weighted by molar-refractivity contribution is 0.0950. The van der Waals surface area contributed by atoms with Gasteiger partial charge in [-0.1, -0.05) is 35.9 Å². The van der Waals surface area contributed by atoms with Crippen LogP contribution in [-0.2, 0) is 13.1 Å². The van der Waals surface area contributed by atoms with E-state index in [1.165, 1.54) is 14.2 Å². The van der Waals surface area contributed by atoms with Crippen molar-refractivity contribution >= 4 is 17.5 Å². The van der Waals surface area contributed by atoms with Crippen LogP contribution in [0.4, 0.5) is 0 Å². The lowest BCUT2D eigenvalue weighted by atomic mass is 10.1. The van der Waals surface area contributed by atoms with Crippen LogP contribution >= 0.6 is 11.6 Å². The van der Waals surface area contributed by atoms with Crippen molar-refractivity contribution in [3.63, 3.8) is 0 Å². The number of amides is 1. The summed E-state index contributed by atoms with van der Waals surface area (Å²) in [7, 11) is 3.00. The van der Waals surface area contributed by atoms with Crippen molar-refractivity contribution in [1.29, 1.82) is 0 Å². The Morgan fingerprint density at radius 2 is 1.89 bits per heavy atom. The molecule has 0 radical (unpaired) electrons. The topological polar surface area (TPSA) is 65.4 Å². The molecule has 7 heteroatoms. The number of nitrogens with one attached hydrogen (secondary N) is 1. The quantitative estimate of drug-likeness (QED) is 0.675. The monoisotopic (exact) mass is 385 g/mol. The molecule has 0 aliphatic carbocycles. The van der Waals surface area contributed by atoms with Crippen LogP contribution in [-0.4, -0.2) is 29.9 Å². The van der Waals surface area contributed by atoms with Gasteiger partial charge in [-0.25, -0.2) is 0 Å². The first-order valence-electron chi connectivity index (χ1n) is 8.35. The lowest BCUT2D eigenvalue weighted by Gasteiger charge is -2.12. The highest BCUT2D eigenvalue weighted by Gasteiger charge is 2.15. The fraction of sp³-hybridized carbons (Fsp3) is 0.200. The van der Waals surface area contributed by atoms with Crippen molar-refractivity contribution in [1.82, 2.24) is 15.1 Å². The molecule has 27 heavy (non-hydrogen) atoms. The van der Waals surface area contributed by atoms with Crippen LogP contribution in [0.5, 0.6) is 11.5 Å². The van der Waals surface area contributed by atoms with E-state index in [-0.39, 0.29) is 5.91 Å². The molecule has 0 saturated heterocycles. The summed E-state index contributed by atoms with van der Waals surface area (Å²) in [6, 6.07) is 13.1. The van der Waals surface area contributed by atoms with E-state index in [0.717, 1.165) is 11.1 Å². The molecule has 0 aliphatic rings. The molecule has 3 rings (SSSR count). The molecule has 1 aromatic heterocycles. The summed E-state index contributed by atoms with van der Waals surface area (Å²) in [6.45, 7) is 1.12. The Balaban J connectivity index is 1.63. The van der Waals surface area contributed by atoms with Gasteiger partial charge in [0.1, 0.15) is 0 Å². The molecule has 0 aliphatic heterocycles. The smallest absolute Gasteiger partial charge is 0.251 e. The number of hydrogen-bond donors (Lipinski definition) is 1. The Morgan fingerprint density at radius 1 is 1.15 bits per heavy atom. The largest absolute Gasteiger partial charge is 0.493 e. The van der Waals surface area contributed by atoms with Crippen LogP contribution in [0, 0.1) is 0 Å². The number of aromatic nitrogens is 2. The lowest BCUT2D eigenvalue weighted by Crippen LogP contribution is -2.22. The molecule has 0 saturated carbocycles. The van der Waals surface area contributed by atoms with Gasteiger partial charge in [-0.05, 0) is 29.3 Å². The molecule has 1 amide bonds. The zero-order chi connectivity index (χ0) is 19.2. The number of ether oxygens (including phenoxy) is 2. The molecular weight excluding hydrogens is 366 g/mol. The van der Waals surface area contributed by atoms with Crippen LogP contribution in [0.2, 0.25) is 5.02 Å². The van der Waals surface area contributed by atoms with Gasteiger partial charge in [-0.2, -0.15) is 5.10 Å². The third kappa shape index (κ3) is 4.60. The van der Waals surface area contributed by atoms with Crippen LogP contribution in [0.15, 0.2) is 54.9 Å². The van der Waals surface area contributed by atoms with E-state index < -0.39 is 0 Å². The number of methoxy groups -OCH3 is 2. The SMILES string of the molecule is COc1cc(C(=O)NCc2ccc(Cn3cccn3)cc2)cc(Cl)c1OC. The highest BCUT2D eigenvalue weighted by atomic mass is 35.5. The Labute approximate surface area is 162 Å². The predicted molar refractivity (Wildman–Crippen MR) is 103 cm³/mol. The standard InChI is InChI=1S/C20H20ClN3O3/c1-26-18-11-16(10-17(21)19(18)27-2)20(25)22-12-14-4-6-15(7-5-14)13-24-9-3-8-23-24/h3-11H,12-13H2,1-2H3,(H,22,25). The van der Waals surface area contributed by atoms with Gasteiger partial charge < -0.3 is 14.8 Å². The van der Waals surface area contributed by atoms with E-state index in [4.69, 9.17) is 21.1 Å². The van der Waals surface area contributed by atoms with Gasteiger partial charge in [0, 0.05) is 24.5 Å². The van der Waals surface area contributed by atoms with Crippen LogP contribution in [0.25, 0.3) is 0 Å². The minimum absolute atomic E-state index is 0.238. The minimum atomic E-state index is -0.238. The maximum atomic E-state index is 12.4. The maximum Gasteiger partial charge on any atom is 0.251 e. The molecule has 0 bridgehead atoms. The van der Waals surface area contributed by atoms with Gasteiger partial charge in [0.15, 0.2) is 11.5 Å². The Bertz CT molecular complexity index is 909. The van der Waals surface area contributed by atoms with Gasteiger partial charge in [0.25, 0.3) is 5.91 Å². The third-order valence-electron chi connectivity index (χ3n) is 4.08. The third-order valence-corrected chi connectivity index (χ3v) is 4.36. The van der Waals surface area contributed by atoms with Crippen LogP contribution in [0.1, 0.15) is 21.5 Å². The minimum Gasteiger partial charge on any atom is -0.493 e. The molecule has 6 nitrogen and oxygen atoms in total. The van der Waals surface area contributed by atoms with E-state index in [2.05, 4.69) is 10.4 Å². The molecule has 0 spiro atoms. The molecule has 1 heterocycles. The highest BCUT2D eigenvalue weighted by molar-refractivity contribution is 6.32. The summed E-state index contributed by atoms with van der Waals surface area (Å²) in [5.74, 6) is 0.583. The van der Waals surface area contributed by atoms with Crippen molar-refractivity contribution in [3.8, 4) is 11.5 Å². The Kier molecular flexibility index (Phi) is 5.98. The molecule has 0 atom stereocenters. The van der Waals surface area contributed by atoms with Gasteiger partial charge in [0.2, 0.25) is 0 Å². The number of benzene rings is 2. The second-order valence-electron chi connectivity index (χ2n) is 5.90. The number of halogens is 1. The first-order chi connectivity index (χ1) is 13.1. The first kappa shape index (κ1) is 18.8. The first-order valence-corrected chi connectivity index (χ1v) is 8.73. The second kappa shape index (κ2) is 8.60. The maximum absolute atomic E-state index is 12.4. The number of carbonyl (C=O) groups is 1. The van der Waals surface area contributed by atoms with E-state index in [9.17, 15) is 4.79 Å². The van der Waals surface area contributed by atoms with Crippen molar-refractivity contribution in [2.24, 2.45) is 0 Å². The molecular formula is C20H20ClN3O3. The molecule has 0 unspecified atom stereocenters. The summed E-state index contributed by atoms with van der Waals surface area (Å²) in [5.41, 5.74) is 2.55. The number of rotatable bonds is 7. The Morgan fingerprint density at radius 3 is 2.52 bits per heavy atom. The average Bonchev–Trinajstić information content (AvgIpc) is 3.19. The van der Waals surface area contributed by atoms with Gasteiger partial charge in [-0.15, -0.1) is 0 Å². The second-order valence-corrected chi connectivity index (χ2v) is 6.30. The summed E-state index contributed by atoms with van der Waals surface area (Å²) < 4.78 is 12.3. The molecule has 1 N–H and O–H groups in total. The Hall–Kier alpha value is -2.99. The summed E-state index contributed by atoms with van der Waals surface area (Å²) >= 11 is 6.16. The van der Waals surface area contributed by atoms with Crippen molar-refractivity contribution < 1.29 is 14.3 Å². The van der Waals surface area contributed by atoms with E-state index >= 15 is 0 Å². The van der Waals surface area contributed by atoms with Gasteiger partial charge in [0.05, 0.1) is 25.8 Å². The average molecular weight is 386 g/mol. The predicted octanol–water partition coefficient (Wildman–Crippen LogP) is 3.53. The molecule has 3 aromatic rings. The molecule has 2 aromatic carbocycles. The van der Waals surface area contributed by atoms with Crippen molar-refractivity contribution in [2.45, 2.75) is 13.1 Å². The zero-order valence-electron chi connectivity index (χ0n) is 15.1. The molecule has 0 fully saturated rings. The number of carbonyl (C=O) groups excluding carboxylic acids is 1.